The zero-order chi connectivity index (χ0) is 27.0. The summed E-state index contributed by atoms with van der Waals surface area (Å²) in [6, 6.07) is 17.7. The number of nitrogens with zero attached hydrogens (tertiary/aromatic N) is 3. The topological polar surface area (TPSA) is 62.6 Å². The molecule has 4 aromatic rings. The Hall–Kier alpha value is -4.33. The van der Waals surface area contributed by atoms with Crippen molar-refractivity contribution < 1.29 is 23.2 Å². The lowest BCUT2D eigenvalue weighted by atomic mass is 9.98. The van der Waals surface area contributed by atoms with Crippen molar-refractivity contribution in [1.29, 1.82) is 0 Å². The summed E-state index contributed by atoms with van der Waals surface area (Å²) in [6.45, 7) is 0.820. The number of carbonyl (C=O) groups excluding carboxylic acids is 3. The standard InChI is InChI=1S/C30H27F2N3O3/c1-33(2)30(38)27(28(36)21-10-3-6-12-24(21)31)35-18-23(20-9-5-8-14-26(20)35)19-15-16-34(17-19)29(37)22-11-4-7-13-25(22)32/h3-14,18-19,27H,15-17H2,1-2H3. The van der Waals surface area contributed by atoms with Crippen molar-refractivity contribution >= 4 is 28.5 Å². The van der Waals surface area contributed by atoms with Gasteiger partial charge >= 0.3 is 0 Å². The molecule has 2 atom stereocenters. The van der Waals surface area contributed by atoms with Gasteiger partial charge in [0.2, 0.25) is 0 Å². The Bertz CT molecular complexity index is 1540. The Morgan fingerprint density at radius 1 is 0.868 bits per heavy atom. The highest BCUT2D eigenvalue weighted by atomic mass is 19.1. The van der Waals surface area contributed by atoms with Crippen LogP contribution in [0.3, 0.4) is 0 Å². The van der Waals surface area contributed by atoms with Crippen LogP contribution < -0.4 is 0 Å². The van der Waals surface area contributed by atoms with Gasteiger partial charge in [0.1, 0.15) is 11.6 Å². The molecule has 1 fully saturated rings. The Kier molecular flexibility index (Phi) is 6.80. The summed E-state index contributed by atoms with van der Waals surface area (Å²) >= 11 is 0. The summed E-state index contributed by atoms with van der Waals surface area (Å²) in [4.78, 5) is 42.9. The lowest BCUT2D eigenvalue weighted by molar-refractivity contribution is -0.130. The second-order valence-corrected chi connectivity index (χ2v) is 9.70. The van der Waals surface area contributed by atoms with Crippen LogP contribution in [0.5, 0.6) is 0 Å². The average Bonchev–Trinajstić information content (AvgIpc) is 3.54. The zero-order valence-electron chi connectivity index (χ0n) is 21.1. The molecule has 0 radical (unpaired) electrons. The molecule has 5 rings (SSSR count). The average molecular weight is 516 g/mol. The molecule has 8 heteroatoms. The number of carbonyl (C=O) groups is 3. The molecule has 2 unspecified atom stereocenters. The highest BCUT2D eigenvalue weighted by Gasteiger charge is 2.36. The van der Waals surface area contributed by atoms with Crippen LogP contribution in [0.2, 0.25) is 0 Å². The molecule has 1 saturated heterocycles. The molecule has 3 aromatic carbocycles. The quantitative estimate of drug-likeness (QED) is 0.266. The molecule has 38 heavy (non-hydrogen) atoms. The van der Waals surface area contributed by atoms with E-state index in [4.69, 9.17) is 0 Å². The van der Waals surface area contributed by atoms with Gasteiger partial charge in [-0.05, 0) is 42.3 Å². The Morgan fingerprint density at radius 2 is 1.47 bits per heavy atom. The van der Waals surface area contributed by atoms with Crippen molar-refractivity contribution in [1.82, 2.24) is 14.4 Å². The molecule has 0 bridgehead atoms. The third-order valence-corrected chi connectivity index (χ3v) is 7.13. The van der Waals surface area contributed by atoms with E-state index in [0.29, 0.717) is 25.0 Å². The molecule has 194 valence electrons. The number of halogens is 2. The lowest BCUT2D eigenvalue weighted by Gasteiger charge is -2.22. The third kappa shape index (κ3) is 4.47. The maximum atomic E-state index is 14.6. The fourth-order valence-corrected chi connectivity index (χ4v) is 5.18. The minimum absolute atomic E-state index is 0.0303. The summed E-state index contributed by atoms with van der Waals surface area (Å²) in [5.41, 5.74) is 1.41. The number of aromatic nitrogens is 1. The van der Waals surface area contributed by atoms with Crippen molar-refractivity contribution in [2.75, 3.05) is 27.2 Å². The summed E-state index contributed by atoms with van der Waals surface area (Å²) in [5, 5.41) is 0.843. The van der Waals surface area contributed by atoms with Crippen LogP contribution >= 0.6 is 0 Å². The predicted molar refractivity (Wildman–Crippen MR) is 140 cm³/mol. The number of hydrogen-bond acceptors (Lipinski definition) is 3. The van der Waals surface area contributed by atoms with Crippen LogP contribution in [0.15, 0.2) is 79.0 Å². The number of fused-ring (bicyclic) bond motifs is 1. The highest BCUT2D eigenvalue weighted by molar-refractivity contribution is 6.12. The molecule has 1 aliphatic rings. The van der Waals surface area contributed by atoms with Gasteiger partial charge < -0.3 is 14.4 Å². The third-order valence-electron chi connectivity index (χ3n) is 7.13. The zero-order valence-corrected chi connectivity index (χ0v) is 21.1. The van der Waals surface area contributed by atoms with E-state index < -0.39 is 29.4 Å². The Balaban J connectivity index is 1.54. The molecule has 0 aliphatic carbocycles. The van der Waals surface area contributed by atoms with Gasteiger partial charge in [-0.15, -0.1) is 0 Å². The van der Waals surface area contributed by atoms with Crippen molar-refractivity contribution in [3.63, 3.8) is 0 Å². The summed E-state index contributed by atoms with van der Waals surface area (Å²) in [6.07, 6.45) is 2.42. The number of Topliss-reactive ketones (excluding diaryl/α,β-unsaturated/α-hetero) is 1. The normalized spacial score (nSPS) is 16.0. The van der Waals surface area contributed by atoms with Crippen LogP contribution in [-0.4, -0.2) is 59.1 Å². The van der Waals surface area contributed by atoms with E-state index >= 15 is 0 Å². The van der Waals surface area contributed by atoms with Crippen LogP contribution in [-0.2, 0) is 4.79 Å². The minimum Gasteiger partial charge on any atom is -0.347 e. The Labute approximate surface area is 219 Å². The van der Waals surface area contributed by atoms with Crippen LogP contribution in [0, 0.1) is 11.6 Å². The fourth-order valence-electron chi connectivity index (χ4n) is 5.18. The lowest BCUT2D eigenvalue weighted by Crippen LogP contribution is -2.36. The molecule has 2 heterocycles. The van der Waals surface area contributed by atoms with Gasteiger partial charge in [-0.3, -0.25) is 14.4 Å². The monoisotopic (exact) mass is 515 g/mol. The van der Waals surface area contributed by atoms with Crippen LogP contribution in [0.4, 0.5) is 8.78 Å². The minimum atomic E-state index is -1.31. The van der Waals surface area contributed by atoms with Gasteiger partial charge in [-0.2, -0.15) is 0 Å². The number of benzene rings is 3. The first-order valence-electron chi connectivity index (χ1n) is 12.4. The van der Waals surface area contributed by atoms with Crippen molar-refractivity contribution in [3.05, 3.63) is 107 Å². The fraction of sp³-hybridized carbons (Fsp3) is 0.233. The van der Waals surface area contributed by atoms with E-state index in [1.54, 1.807) is 48.0 Å². The van der Waals surface area contributed by atoms with E-state index in [0.717, 1.165) is 10.9 Å². The van der Waals surface area contributed by atoms with E-state index in [-0.39, 0.29) is 23.0 Å². The van der Waals surface area contributed by atoms with E-state index in [1.165, 1.54) is 35.2 Å². The molecule has 2 amide bonds. The summed E-state index contributed by atoms with van der Waals surface area (Å²) in [5.74, 6) is -2.83. The number of likely N-dealkylation sites (N-methyl/N-ethyl adjacent to an activating group) is 1. The number of hydrogen-bond donors (Lipinski definition) is 0. The number of amides is 2. The second kappa shape index (κ2) is 10.2. The van der Waals surface area contributed by atoms with Gasteiger partial charge in [0.05, 0.1) is 11.1 Å². The predicted octanol–water partition coefficient (Wildman–Crippen LogP) is 5.06. The van der Waals surface area contributed by atoms with Crippen molar-refractivity contribution in [2.24, 2.45) is 0 Å². The number of rotatable bonds is 6. The molecular formula is C30H27F2N3O3. The van der Waals surface area contributed by atoms with Crippen molar-refractivity contribution in [3.8, 4) is 0 Å². The molecular weight excluding hydrogens is 488 g/mol. The maximum absolute atomic E-state index is 14.6. The van der Waals surface area contributed by atoms with Gasteiger partial charge in [0.15, 0.2) is 11.8 Å². The summed E-state index contributed by atoms with van der Waals surface area (Å²) < 4.78 is 30.5. The van der Waals surface area contributed by atoms with Crippen molar-refractivity contribution in [2.45, 2.75) is 18.4 Å². The van der Waals surface area contributed by atoms with Gasteiger partial charge in [-0.1, -0.05) is 42.5 Å². The van der Waals surface area contributed by atoms with E-state index in [2.05, 4.69) is 0 Å². The van der Waals surface area contributed by atoms with E-state index in [9.17, 15) is 23.2 Å². The smallest absolute Gasteiger partial charge is 0.256 e. The Morgan fingerprint density at radius 3 is 2.13 bits per heavy atom. The first-order chi connectivity index (χ1) is 18.3. The molecule has 6 nitrogen and oxygen atoms in total. The second-order valence-electron chi connectivity index (χ2n) is 9.70. The number of para-hydroxylation sites is 1. The SMILES string of the molecule is CN(C)C(=O)C(C(=O)c1ccccc1F)n1cc(C2CCN(C(=O)c3ccccc3F)C2)c2ccccc21. The maximum Gasteiger partial charge on any atom is 0.256 e. The molecule has 0 saturated carbocycles. The molecule has 0 N–H and O–H groups in total. The number of ketones is 1. The summed E-state index contributed by atoms with van der Waals surface area (Å²) in [7, 11) is 3.11. The van der Waals surface area contributed by atoms with Gasteiger partial charge in [0, 0.05) is 50.2 Å². The molecule has 1 aromatic heterocycles. The van der Waals surface area contributed by atoms with Gasteiger partial charge in [0.25, 0.3) is 11.8 Å². The van der Waals surface area contributed by atoms with Crippen LogP contribution in [0.1, 0.15) is 44.7 Å². The first-order valence-corrected chi connectivity index (χ1v) is 12.4. The van der Waals surface area contributed by atoms with Crippen LogP contribution in [0.25, 0.3) is 10.9 Å². The highest BCUT2D eigenvalue weighted by Crippen LogP contribution is 2.36. The van der Waals surface area contributed by atoms with Gasteiger partial charge in [-0.25, -0.2) is 8.78 Å². The first kappa shape index (κ1) is 25.3. The molecule has 1 aliphatic heterocycles. The molecule has 0 spiro atoms. The van der Waals surface area contributed by atoms with E-state index in [1.807, 2.05) is 24.3 Å². The largest absolute Gasteiger partial charge is 0.347 e. The number of likely N-dealkylation sites (tertiary alicyclic amines) is 1.